The summed E-state index contributed by atoms with van der Waals surface area (Å²) in [6, 6.07) is 7.73. The van der Waals surface area contributed by atoms with E-state index in [4.69, 9.17) is 21.9 Å². The number of Topliss-reactive ketones (excluding diaryl/α,β-unsaturated/α-hetero) is 1. The second-order valence-electron chi connectivity index (χ2n) is 11.4. The van der Waals surface area contributed by atoms with Gasteiger partial charge in [0.05, 0.1) is 23.2 Å². The van der Waals surface area contributed by atoms with Crippen LogP contribution in [0.2, 0.25) is 0 Å². The fraction of sp³-hybridized carbons (Fsp3) is 0.500. The molecule has 0 unspecified atom stereocenters. The van der Waals surface area contributed by atoms with Crippen molar-refractivity contribution in [1.29, 1.82) is 0 Å². The van der Waals surface area contributed by atoms with E-state index in [0.29, 0.717) is 29.7 Å². The van der Waals surface area contributed by atoms with Gasteiger partial charge in [-0.15, -0.1) is 0 Å². The van der Waals surface area contributed by atoms with Gasteiger partial charge in [0.25, 0.3) is 0 Å². The molecule has 0 fully saturated rings. The van der Waals surface area contributed by atoms with Gasteiger partial charge >= 0.3 is 13.3 Å². The van der Waals surface area contributed by atoms with Gasteiger partial charge in [0.15, 0.2) is 5.78 Å². The van der Waals surface area contributed by atoms with E-state index in [1.54, 1.807) is 18.2 Å². The molecule has 1 heterocycles. The van der Waals surface area contributed by atoms with E-state index in [1.807, 2.05) is 13.8 Å². The molecule has 0 radical (unpaired) electrons. The number of hydrogen-bond acceptors (Lipinski definition) is 8. The van der Waals surface area contributed by atoms with Gasteiger partial charge in [0.1, 0.15) is 0 Å². The first-order valence-corrected chi connectivity index (χ1v) is 14.6. The van der Waals surface area contributed by atoms with Crippen molar-refractivity contribution in [1.82, 2.24) is 10.2 Å². The number of benzene rings is 2. The Morgan fingerprint density at radius 3 is 2.23 bits per heavy atom. The summed E-state index contributed by atoms with van der Waals surface area (Å²) in [6.07, 6.45) is -4.24. The molecule has 8 N–H and O–H groups in total. The number of carbonyl (C=O) groups excluding carboxylic acids is 3. The standard InChI is InChI=1S/C30H41BF3N5O5/c1-29(2)22-9-5-20(17-23(22)31(43)44-29)18-26(40)25(11-6-19-3-7-21(8-4-19)30(32,33)34)38-28(42)24(37)10-12-27(41)39(15-13-35)16-14-36/h3-5,7-9,17,24-25,43H,6,10-16,18,35-37H2,1-2H3,(H,38,42)/t24-,25+/m0/s1. The quantitative estimate of drug-likeness (QED) is 0.182. The van der Waals surface area contributed by atoms with Gasteiger partial charge in [0, 0.05) is 39.0 Å². The summed E-state index contributed by atoms with van der Waals surface area (Å²) in [5, 5.41) is 13.0. The van der Waals surface area contributed by atoms with Crippen LogP contribution in [0.1, 0.15) is 55.4 Å². The number of halogens is 3. The first kappa shape index (κ1) is 35.2. The van der Waals surface area contributed by atoms with Gasteiger partial charge in [-0.1, -0.05) is 30.3 Å². The molecule has 0 saturated carbocycles. The van der Waals surface area contributed by atoms with Gasteiger partial charge in [-0.05, 0) is 67.4 Å². The molecule has 44 heavy (non-hydrogen) atoms. The van der Waals surface area contributed by atoms with Crippen molar-refractivity contribution >= 4 is 30.2 Å². The molecular weight excluding hydrogens is 578 g/mol. The lowest BCUT2D eigenvalue weighted by molar-refractivity contribution is -0.137. The van der Waals surface area contributed by atoms with Crippen LogP contribution in [0.15, 0.2) is 42.5 Å². The van der Waals surface area contributed by atoms with Crippen LogP contribution in [0.5, 0.6) is 0 Å². The van der Waals surface area contributed by atoms with Crippen molar-refractivity contribution in [2.75, 3.05) is 26.2 Å². The zero-order chi connectivity index (χ0) is 32.7. The summed E-state index contributed by atoms with van der Waals surface area (Å²) in [4.78, 5) is 40.6. The third-order valence-corrected chi connectivity index (χ3v) is 7.68. The van der Waals surface area contributed by atoms with Gasteiger partial charge in [-0.25, -0.2) is 0 Å². The third-order valence-electron chi connectivity index (χ3n) is 7.68. The van der Waals surface area contributed by atoms with E-state index < -0.39 is 42.5 Å². The van der Waals surface area contributed by atoms with Crippen molar-refractivity contribution in [2.24, 2.45) is 17.2 Å². The van der Waals surface area contributed by atoms with E-state index in [0.717, 1.165) is 17.7 Å². The van der Waals surface area contributed by atoms with Crippen molar-refractivity contribution in [3.63, 3.8) is 0 Å². The number of aryl methyl sites for hydroxylation is 1. The number of nitrogens with zero attached hydrogens (tertiary/aromatic N) is 1. The lowest BCUT2D eigenvalue weighted by atomic mass is 9.77. The van der Waals surface area contributed by atoms with Crippen LogP contribution in [0.4, 0.5) is 13.2 Å². The largest absolute Gasteiger partial charge is 0.492 e. The minimum atomic E-state index is -4.47. The van der Waals surface area contributed by atoms with Crippen LogP contribution < -0.4 is 28.0 Å². The number of nitrogens with one attached hydrogen (secondary N) is 1. The fourth-order valence-electron chi connectivity index (χ4n) is 5.21. The van der Waals surface area contributed by atoms with E-state index in [2.05, 4.69) is 5.32 Å². The maximum atomic E-state index is 13.5. The summed E-state index contributed by atoms with van der Waals surface area (Å²) < 4.78 is 44.6. The Labute approximate surface area is 255 Å². The molecule has 0 aromatic heterocycles. The van der Waals surface area contributed by atoms with Crippen molar-refractivity contribution in [3.8, 4) is 0 Å². The Morgan fingerprint density at radius 2 is 1.64 bits per heavy atom. The summed E-state index contributed by atoms with van der Waals surface area (Å²) >= 11 is 0. The lowest BCUT2D eigenvalue weighted by Crippen LogP contribution is -2.49. The van der Waals surface area contributed by atoms with Gasteiger partial charge in [-0.3, -0.25) is 14.4 Å². The lowest BCUT2D eigenvalue weighted by Gasteiger charge is -2.23. The van der Waals surface area contributed by atoms with Crippen LogP contribution in [-0.4, -0.2) is 72.9 Å². The minimum absolute atomic E-state index is 0.0192. The van der Waals surface area contributed by atoms with Crippen molar-refractivity contribution < 1.29 is 37.2 Å². The molecule has 2 aromatic carbocycles. The average molecular weight is 619 g/mol. The highest BCUT2D eigenvalue weighted by molar-refractivity contribution is 6.62. The van der Waals surface area contributed by atoms with Gasteiger partial charge in [-0.2, -0.15) is 13.2 Å². The monoisotopic (exact) mass is 619 g/mol. The highest BCUT2D eigenvalue weighted by Gasteiger charge is 2.40. The van der Waals surface area contributed by atoms with Crippen LogP contribution in [0.25, 0.3) is 0 Å². The summed E-state index contributed by atoms with van der Waals surface area (Å²) in [5.41, 5.74) is 18.2. The van der Waals surface area contributed by atoms with E-state index in [9.17, 15) is 32.6 Å². The molecule has 0 spiro atoms. The predicted octanol–water partition coefficient (Wildman–Crippen LogP) is 0.741. The number of fused-ring (bicyclic) bond motifs is 1. The average Bonchev–Trinajstić information content (AvgIpc) is 3.20. The number of hydrogen-bond donors (Lipinski definition) is 5. The number of carbonyl (C=O) groups is 3. The fourth-order valence-corrected chi connectivity index (χ4v) is 5.21. The number of amides is 2. The normalized spacial score (nSPS) is 15.4. The number of ketones is 1. The molecule has 1 aliphatic rings. The molecule has 14 heteroatoms. The minimum Gasteiger partial charge on any atom is -0.423 e. The Kier molecular flexibility index (Phi) is 12.1. The summed E-state index contributed by atoms with van der Waals surface area (Å²) in [5.74, 6) is -1.23. The maximum absolute atomic E-state index is 13.5. The molecule has 10 nitrogen and oxygen atoms in total. The zero-order valence-corrected chi connectivity index (χ0v) is 25.0. The predicted molar refractivity (Wildman–Crippen MR) is 160 cm³/mol. The van der Waals surface area contributed by atoms with E-state index in [1.165, 1.54) is 17.0 Å². The molecule has 2 atom stereocenters. The van der Waals surface area contributed by atoms with Crippen LogP contribution in [0.3, 0.4) is 0 Å². The first-order chi connectivity index (χ1) is 20.7. The molecule has 1 aliphatic heterocycles. The van der Waals surface area contributed by atoms with E-state index >= 15 is 0 Å². The number of rotatable bonds is 15. The van der Waals surface area contributed by atoms with Crippen LogP contribution in [-0.2, 0) is 43.7 Å². The van der Waals surface area contributed by atoms with Crippen LogP contribution >= 0.6 is 0 Å². The zero-order valence-electron chi connectivity index (χ0n) is 25.0. The molecule has 0 aliphatic carbocycles. The molecule has 240 valence electrons. The number of nitrogens with two attached hydrogens (primary N) is 3. The Morgan fingerprint density at radius 1 is 1.02 bits per heavy atom. The first-order valence-electron chi connectivity index (χ1n) is 14.6. The van der Waals surface area contributed by atoms with Gasteiger partial charge in [0.2, 0.25) is 11.8 Å². The van der Waals surface area contributed by atoms with Crippen molar-refractivity contribution in [3.05, 3.63) is 64.7 Å². The molecule has 3 rings (SSSR count). The second-order valence-corrected chi connectivity index (χ2v) is 11.4. The third kappa shape index (κ3) is 9.35. The Balaban J connectivity index is 1.72. The molecule has 2 amide bonds. The SMILES string of the molecule is CC1(C)OB(O)c2cc(CC(=O)[C@@H](CCc3ccc(C(F)(F)F)cc3)NC(=O)[C@@H](N)CCC(=O)N(CCN)CCN)ccc21. The van der Waals surface area contributed by atoms with Crippen molar-refractivity contribution in [2.45, 2.75) is 69.8 Å². The Hall–Kier alpha value is -3.30. The number of alkyl halides is 3. The molecule has 0 bridgehead atoms. The summed E-state index contributed by atoms with van der Waals surface area (Å²) in [7, 11) is -1.14. The summed E-state index contributed by atoms with van der Waals surface area (Å²) in [6.45, 7) is 4.81. The smallest absolute Gasteiger partial charge is 0.423 e. The molecule has 2 aromatic rings. The molecule has 0 saturated heterocycles. The maximum Gasteiger partial charge on any atom is 0.492 e. The topological polar surface area (TPSA) is 174 Å². The highest BCUT2D eigenvalue weighted by Crippen LogP contribution is 2.31. The van der Waals surface area contributed by atoms with Gasteiger partial charge < -0.3 is 37.1 Å². The van der Waals surface area contributed by atoms with Crippen LogP contribution in [0, 0.1) is 0 Å². The highest BCUT2D eigenvalue weighted by atomic mass is 19.4. The molecular formula is C30H41BF3N5O5. The van der Waals surface area contributed by atoms with E-state index in [-0.39, 0.29) is 56.9 Å². The second kappa shape index (κ2) is 15.1. The Bertz CT molecular complexity index is 1300.